The van der Waals surface area contributed by atoms with Gasteiger partial charge in [-0.3, -0.25) is 4.79 Å². The van der Waals surface area contributed by atoms with Gasteiger partial charge in [-0.05, 0) is 69.1 Å². The highest BCUT2D eigenvalue weighted by Crippen LogP contribution is 2.23. The number of hydrogen-bond donors (Lipinski definition) is 1. The summed E-state index contributed by atoms with van der Waals surface area (Å²) < 4.78 is 1.91. The van der Waals surface area contributed by atoms with Crippen molar-refractivity contribution in [3.8, 4) is 0 Å². The van der Waals surface area contributed by atoms with Gasteiger partial charge in [0.15, 0.2) is 0 Å². The van der Waals surface area contributed by atoms with Crippen molar-refractivity contribution in [3.05, 3.63) is 31.8 Å². The van der Waals surface area contributed by atoms with Gasteiger partial charge in [0.2, 0.25) is 0 Å². The molecule has 1 fully saturated rings. The largest absolute Gasteiger partial charge is 0.337 e. The summed E-state index contributed by atoms with van der Waals surface area (Å²) in [6.07, 6.45) is 0.997. The van der Waals surface area contributed by atoms with Crippen LogP contribution in [0.4, 0.5) is 0 Å². The third-order valence-corrected chi connectivity index (χ3v) is 4.50. The zero-order valence-corrected chi connectivity index (χ0v) is 13.9. The summed E-state index contributed by atoms with van der Waals surface area (Å²) in [5, 5.41) is 0. The maximum Gasteiger partial charge on any atom is 0.255 e. The molecule has 1 aliphatic heterocycles. The molecule has 1 amide bonds. The number of piperidine rings is 1. The summed E-state index contributed by atoms with van der Waals surface area (Å²) in [5.74, 6) is 0.543. The van der Waals surface area contributed by atoms with Crippen LogP contribution in [0.1, 0.15) is 23.7 Å². The van der Waals surface area contributed by atoms with Crippen molar-refractivity contribution in [1.29, 1.82) is 0 Å². The van der Waals surface area contributed by atoms with Gasteiger partial charge >= 0.3 is 0 Å². The van der Waals surface area contributed by atoms with Crippen LogP contribution in [0.2, 0.25) is 0 Å². The number of nitrogens with two attached hydrogens (primary N) is 1. The highest BCUT2D eigenvalue weighted by Gasteiger charge is 2.27. The van der Waals surface area contributed by atoms with Crippen molar-refractivity contribution < 1.29 is 4.79 Å². The van der Waals surface area contributed by atoms with E-state index in [1.807, 2.05) is 23.1 Å². The standard InChI is InChI=1S/C13H16BrIN2O/c1-8-4-10(16)7-17(6-8)13(18)11-5-9(15)2-3-12(11)14/h2-3,5,8,10H,4,6-7,16H2,1H3. The highest BCUT2D eigenvalue weighted by atomic mass is 127. The van der Waals surface area contributed by atoms with Crippen LogP contribution in [-0.2, 0) is 0 Å². The maximum atomic E-state index is 12.5. The quantitative estimate of drug-likeness (QED) is 0.707. The Labute approximate surface area is 129 Å². The van der Waals surface area contributed by atoms with E-state index < -0.39 is 0 Å². The second-order valence-corrected chi connectivity index (χ2v) is 7.04. The summed E-state index contributed by atoms with van der Waals surface area (Å²) in [7, 11) is 0. The molecule has 0 bridgehead atoms. The molecular weight excluding hydrogens is 407 g/mol. The van der Waals surface area contributed by atoms with Gasteiger partial charge < -0.3 is 10.6 Å². The second kappa shape index (κ2) is 5.88. The first-order chi connectivity index (χ1) is 8.47. The molecule has 0 saturated carbocycles. The van der Waals surface area contributed by atoms with E-state index in [-0.39, 0.29) is 11.9 Å². The number of likely N-dealkylation sites (tertiary alicyclic amines) is 1. The Hall–Kier alpha value is -0.140. The van der Waals surface area contributed by atoms with E-state index >= 15 is 0 Å². The average molecular weight is 423 g/mol. The van der Waals surface area contributed by atoms with Crippen molar-refractivity contribution in [2.24, 2.45) is 11.7 Å². The number of hydrogen-bond acceptors (Lipinski definition) is 2. The molecule has 2 unspecified atom stereocenters. The molecule has 1 aliphatic rings. The van der Waals surface area contributed by atoms with E-state index in [9.17, 15) is 4.79 Å². The van der Waals surface area contributed by atoms with Gasteiger partial charge in [-0.25, -0.2) is 0 Å². The predicted octanol–water partition coefficient (Wildman–Crippen LogP) is 2.86. The Kier molecular flexibility index (Phi) is 4.66. The molecule has 3 nitrogen and oxygen atoms in total. The van der Waals surface area contributed by atoms with E-state index in [2.05, 4.69) is 45.4 Å². The van der Waals surface area contributed by atoms with Crippen molar-refractivity contribution in [2.75, 3.05) is 13.1 Å². The minimum absolute atomic E-state index is 0.0717. The van der Waals surface area contributed by atoms with Crippen LogP contribution in [0.15, 0.2) is 22.7 Å². The third kappa shape index (κ3) is 3.24. The summed E-state index contributed by atoms with van der Waals surface area (Å²) in [6, 6.07) is 5.91. The summed E-state index contributed by atoms with van der Waals surface area (Å²) >= 11 is 5.66. The average Bonchev–Trinajstić information content (AvgIpc) is 2.30. The number of halogens is 2. The summed E-state index contributed by atoms with van der Waals surface area (Å²) in [4.78, 5) is 14.4. The van der Waals surface area contributed by atoms with Crippen LogP contribution in [-0.4, -0.2) is 29.9 Å². The Morgan fingerprint density at radius 2 is 2.22 bits per heavy atom. The molecule has 98 valence electrons. The summed E-state index contributed by atoms with van der Waals surface area (Å²) in [5.41, 5.74) is 6.72. The lowest BCUT2D eigenvalue weighted by atomic mass is 9.96. The molecule has 1 saturated heterocycles. The fourth-order valence-electron chi connectivity index (χ4n) is 2.40. The molecule has 0 aliphatic carbocycles. The SMILES string of the molecule is CC1CC(N)CN(C(=O)c2cc(I)ccc2Br)C1. The van der Waals surface area contributed by atoms with Gasteiger partial charge in [-0.1, -0.05) is 6.92 Å². The smallest absolute Gasteiger partial charge is 0.255 e. The Morgan fingerprint density at radius 1 is 1.50 bits per heavy atom. The number of nitrogens with zero attached hydrogens (tertiary/aromatic N) is 1. The number of amides is 1. The van der Waals surface area contributed by atoms with Gasteiger partial charge in [-0.2, -0.15) is 0 Å². The monoisotopic (exact) mass is 422 g/mol. The van der Waals surface area contributed by atoms with Crippen molar-refractivity contribution in [3.63, 3.8) is 0 Å². The zero-order chi connectivity index (χ0) is 13.3. The van der Waals surface area contributed by atoms with Gasteiger partial charge in [0.25, 0.3) is 5.91 Å². The number of benzene rings is 1. The number of carbonyl (C=O) groups excluding carboxylic acids is 1. The third-order valence-electron chi connectivity index (χ3n) is 3.14. The van der Waals surface area contributed by atoms with Gasteiger partial charge in [0.1, 0.15) is 0 Å². The van der Waals surface area contributed by atoms with Crippen LogP contribution in [0.25, 0.3) is 0 Å². The van der Waals surface area contributed by atoms with Crippen LogP contribution in [0, 0.1) is 9.49 Å². The van der Waals surface area contributed by atoms with E-state index in [1.54, 1.807) is 0 Å². The van der Waals surface area contributed by atoms with Crippen molar-refractivity contribution in [1.82, 2.24) is 4.90 Å². The molecule has 2 N–H and O–H groups in total. The lowest BCUT2D eigenvalue weighted by molar-refractivity contribution is 0.0660. The van der Waals surface area contributed by atoms with Gasteiger partial charge in [-0.15, -0.1) is 0 Å². The molecule has 1 heterocycles. The predicted molar refractivity (Wildman–Crippen MR) is 84.5 cm³/mol. The highest BCUT2D eigenvalue weighted by molar-refractivity contribution is 14.1. The van der Waals surface area contributed by atoms with Gasteiger partial charge in [0.05, 0.1) is 5.56 Å². The van der Waals surface area contributed by atoms with Crippen LogP contribution >= 0.6 is 38.5 Å². The molecule has 5 heteroatoms. The first kappa shape index (κ1) is 14.3. The minimum Gasteiger partial charge on any atom is -0.337 e. The molecule has 18 heavy (non-hydrogen) atoms. The number of carbonyl (C=O) groups is 1. The molecule has 2 atom stereocenters. The maximum absolute atomic E-state index is 12.5. The van der Waals surface area contributed by atoms with Crippen LogP contribution in [0.3, 0.4) is 0 Å². The fourth-order valence-corrected chi connectivity index (χ4v) is 3.30. The lowest BCUT2D eigenvalue weighted by Gasteiger charge is -2.35. The molecule has 2 rings (SSSR count). The Bertz CT molecular complexity index is 456. The van der Waals surface area contributed by atoms with E-state index in [1.165, 1.54) is 0 Å². The zero-order valence-electron chi connectivity index (χ0n) is 10.2. The van der Waals surface area contributed by atoms with E-state index in [0.29, 0.717) is 12.5 Å². The molecule has 0 radical (unpaired) electrons. The Balaban J connectivity index is 2.22. The molecule has 0 aromatic heterocycles. The van der Waals surface area contributed by atoms with E-state index in [4.69, 9.17) is 5.73 Å². The molecular formula is C13H16BrIN2O. The number of rotatable bonds is 1. The van der Waals surface area contributed by atoms with Crippen molar-refractivity contribution in [2.45, 2.75) is 19.4 Å². The van der Waals surface area contributed by atoms with Crippen molar-refractivity contribution >= 4 is 44.4 Å². The minimum atomic E-state index is 0.0717. The first-order valence-electron chi connectivity index (χ1n) is 5.97. The molecule has 1 aromatic rings. The second-order valence-electron chi connectivity index (χ2n) is 4.94. The lowest BCUT2D eigenvalue weighted by Crippen LogP contribution is -2.48. The summed E-state index contributed by atoms with van der Waals surface area (Å²) in [6.45, 7) is 3.59. The fraction of sp³-hybridized carbons (Fsp3) is 0.462. The van der Waals surface area contributed by atoms with Gasteiger partial charge in [0, 0.05) is 27.2 Å². The van der Waals surface area contributed by atoms with E-state index in [0.717, 1.165) is 26.6 Å². The van der Waals surface area contributed by atoms with Crippen LogP contribution < -0.4 is 5.73 Å². The molecule has 0 spiro atoms. The first-order valence-corrected chi connectivity index (χ1v) is 7.84. The Morgan fingerprint density at radius 3 is 2.89 bits per heavy atom. The topological polar surface area (TPSA) is 46.3 Å². The normalized spacial score (nSPS) is 24.1. The molecule has 1 aromatic carbocycles. The van der Waals surface area contributed by atoms with Crippen LogP contribution in [0.5, 0.6) is 0 Å².